The second kappa shape index (κ2) is 9.75. The van der Waals surface area contributed by atoms with Crippen LogP contribution in [0.2, 0.25) is 0 Å². The number of guanidine groups is 1. The molecule has 0 unspecified atom stereocenters. The number of likely N-dealkylation sites (tertiary alicyclic amines) is 1. The van der Waals surface area contributed by atoms with Gasteiger partial charge in [0.25, 0.3) is 5.91 Å². The van der Waals surface area contributed by atoms with Crippen LogP contribution in [-0.4, -0.2) is 54.9 Å². The van der Waals surface area contributed by atoms with Gasteiger partial charge in [0, 0.05) is 45.3 Å². The lowest BCUT2D eigenvalue weighted by Gasteiger charge is -2.38. The number of hydrogen-bond donors (Lipinski definition) is 1. The number of hydrogen-bond acceptors (Lipinski definition) is 2. The van der Waals surface area contributed by atoms with Gasteiger partial charge in [0.2, 0.25) is 0 Å². The van der Waals surface area contributed by atoms with E-state index < -0.39 is 0 Å². The predicted octanol–water partition coefficient (Wildman–Crippen LogP) is 3.74. The van der Waals surface area contributed by atoms with Gasteiger partial charge < -0.3 is 15.1 Å². The van der Waals surface area contributed by atoms with E-state index in [1.54, 1.807) is 0 Å². The van der Waals surface area contributed by atoms with Crippen LogP contribution in [0, 0.1) is 5.41 Å². The normalized spacial score (nSPS) is 18.0. The zero-order chi connectivity index (χ0) is 18.6. The summed E-state index contributed by atoms with van der Waals surface area (Å²) < 4.78 is 0. The Morgan fingerprint density at radius 1 is 1.19 bits per heavy atom. The van der Waals surface area contributed by atoms with E-state index in [4.69, 9.17) is 0 Å². The Morgan fingerprint density at radius 3 is 2.33 bits per heavy atom. The molecule has 6 heteroatoms. The maximum atomic E-state index is 12.4. The first-order valence-corrected chi connectivity index (χ1v) is 9.94. The molecule has 1 N–H and O–H groups in total. The van der Waals surface area contributed by atoms with Crippen LogP contribution in [0.5, 0.6) is 0 Å². The summed E-state index contributed by atoms with van der Waals surface area (Å²) in [6.07, 6.45) is 5.44. The maximum Gasteiger partial charge on any atom is 0.253 e. The number of halogens is 1. The molecule has 2 aliphatic rings. The third kappa shape index (κ3) is 4.95. The van der Waals surface area contributed by atoms with Crippen molar-refractivity contribution in [2.24, 2.45) is 10.4 Å². The summed E-state index contributed by atoms with van der Waals surface area (Å²) in [4.78, 5) is 21.1. The second-order valence-corrected chi connectivity index (χ2v) is 7.60. The molecule has 2 fully saturated rings. The van der Waals surface area contributed by atoms with E-state index in [-0.39, 0.29) is 29.9 Å². The summed E-state index contributed by atoms with van der Waals surface area (Å²) in [5, 5.41) is 3.49. The molecule has 3 rings (SSSR count). The van der Waals surface area contributed by atoms with Crippen LogP contribution < -0.4 is 5.32 Å². The molecule has 1 aromatic rings. The van der Waals surface area contributed by atoms with E-state index in [1.807, 2.05) is 50.1 Å². The quantitative estimate of drug-likeness (QED) is 0.394. The zero-order valence-electron chi connectivity index (χ0n) is 16.8. The third-order valence-electron chi connectivity index (χ3n) is 6.07. The number of amides is 1. The second-order valence-electron chi connectivity index (χ2n) is 7.60. The number of nitrogens with one attached hydrogen (secondary N) is 1. The summed E-state index contributed by atoms with van der Waals surface area (Å²) in [5.74, 6) is 1.10. The van der Waals surface area contributed by atoms with E-state index in [1.165, 1.54) is 31.2 Å². The minimum absolute atomic E-state index is 0. The molecule has 0 atom stereocenters. The number of aliphatic imine (C=N–C) groups is 1. The van der Waals surface area contributed by atoms with E-state index in [0.717, 1.165) is 44.2 Å². The summed E-state index contributed by atoms with van der Waals surface area (Å²) in [6.45, 7) is 8.49. The monoisotopic (exact) mass is 484 g/mol. The van der Waals surface area contributed by atoms with Crippen molar-refractivity contribution in [2.75, 3.05) is 33.2 Å². The smallest absolute Gasteiger partial charge is 0.253 e. The molecule has 1 spiro atoms. The van der Waals surface area contributed by atoms with Gasteiger partial charge in [0.1, 0.15) is 0 Å². The molecule has 1 saturated carbocycles. The van der Waals surface area contributed by atoms with Crippen LogP contribution >= 0.6 is 24.0 Å². The number of carbonyl (C=O) groups excluding carboxylic acids is 1. The lowest BCUT2D eigenvalue weighted by atomic mass is 9.68. The molecule has 5 nitrogen and oxygen atoms in total. The average Bonchev–Trinajstić information content (AvgIpc) is 3.10. The molecule has 1 heterocycles. The lowest BCUT2D eigenvalue weighted by molar-refractivity contribution is 0.0773. The topological polar surface area (TPSA) is 47.9 Å². The molecule has 1 aromatic carbocycles. The van der Waals surface area contributed by atoms with Gasteiger partial charge in [-0.15, -0.1) is 24.0 Å². The molecular formula is C21H33IN4O. The van der Waals surface area contributed by atoms with Crippen molar-refractivity contribution in [3.63, 3.8) is 0 Å². The predicted molar refractivity (Wildman–Crippen MR) is 122 cm³/mol. The third-order valence-corrected chi connectivity index (χ3v) is 6.07. The molecule has 150 valence electrons. The van der Waals surface area contributed by atoms with Crippen LogP contribution in [0.3, 0.4) is 0 Å². The van der Waals surface area contributed by atoms with Gasteiger partial charge >= 0.3 is 0 Å². The maximum absolute atomic E-state index is 12.4. The highest BCUT2D eigenvalue weighted by atomic mass is 127. The average molecular weight is 484 g/mol. The fourth-order valence-electron chi connectivity index (χ4n) is 4.17. The van der Waals surface area contributed by atoms with Crippen molar-refractivity contribution in [3.8, 4) is 0 Å². The zero-order valence-corrected chi connectivity index (χ0v) is 19.2. The van der Waals surface area contributed by atoms with Crippen LogP contribution in [0.1, 0.15) is 55.5 Å². The largest absolute Gasteiger partial charge is 0.352 e. The summed E-state index contributed by atoms with van der Waals surface area (Å²) in [5.41, 5.74) is 2.50. The fraction of sp³-hybridized carbons (Fsp3) is 0.619. The number of benzene rings is 1. The molecule has 1 saturated heterocycles. The van der Waals surface area contributed by atoms with Crippen LogP contribution in [0.15, 0.2) is 29.3 Å². The van der Waals surface area contributed by atoms with E-state index in [9.17, 15) is 4.79 Å². The molecule has 1 amide bonds. The first-order chi connectivity index (χ1) is 12.6. The minimum Gasteiger partial charge on any atom is -0.352 e. The van der Waals surface area contributed by atoms with Crippen LogP contribution in [0.25, 0.3) is 0 Å². The summed E-state index contributed by atoms with van der Waals surface area (Å²) in [6, 6.07) is 7.93. The molecule has 1 aliphatic heterocycles. The lowest BCUT2D eigenvalue weighted by Crippen LogP contribution is -2.42. The summed E-state index contributed by atoms with van der Waals surface area (Å²) in [7, 11) is 1.86. The molecule has 0 aromatic heterocycles. The van der Waals surface area contributed by atoms with E-state index in [0.29, 0.717) is 5.41 Å². The van der Waals surface area contributed by atoms with Crippen LogP contribution in [-0.2, 0) is 6.54 Å². The SMILES string of the molecule is CCN(CC)C(=O)c1ccc(CNC(=NC)N2CCC3(CCC3)C2)cc1.I. The van der Waals surface area contributed by atoms with Gasteiger partial charge in [-0.05, 0) is 56.2 Å². The van der Waals surface area contributed by atoms with Gasteiger partial charge in [-0.3, -0.25) is 9.79 Å². The van der Waals surface area contributed by atoms with Crippen molar-refractivity contribution in [2.45, 2.75) is 46.1 Å². The number of rotatable bonds is 5. The Bertz CT molecular complexity index is 651. The highest BCUT2D eigenvalue weighted by Gasteiger charge is 2.43. The first-order valence-electron chi connectivity index (χ1n) is 9.94. The van der Waals surface area contributed by atoms with Crippen molar-refractivity contribution >= 4 is 35.8 Å². The van der Waals surface area contributed by atoms with Gasteiger partial charge in [-0.25, -0.2) is 0 Å². The molecule has 27 heavy (non-hydrogen) atoms. The van der Waals surface area contributed by atoms with Crippen molar-refractivity contribution in [1.82, 2.24) is 15.1 Å². The standard InChI is InChI=1S/C21H32N4O.HI/c1-4-24(5-2)19(26)18-9-7-17(8-10-18)15-23-20(22-3)25-14-13-21(16-25)11-6-12-21;/h7-10H,4-6,11-16H2,1-3H3,(H,22,23);1H. The van der Waals surface area contributed by atoms with Crippen molar-refractivity contribution in [1.29, 1.82) is 0 Å². The molecule has 1 aliphatic carbocycles. The van der Waals surface area contributed by atoms with Crippen LogP contribution in [0.4, 0.5) is 0 Å². The Hall–Kier alpha value is -1.31. The number of nitrogens with zero attached hydrogens (tertiary/aromatic N) is 3. The van der Waals surface area contributed by atoms with E-state index >= 15 is 0 Å². The van der Waals surface area contributed by atoms with Gasteiger partial charge in [-0.1, -0.05) is 18.6 Å². The van der Waals surface area contributed by atoms with Gasteiger partial charge in [0.05, 0.1) is 0 Å². The van der Waals surface area contributed by atoms with Gasteiger partial charge in [-0.2, -0.15) is 0 Å². The first kappa shape index (κ1) is 22.0. The molecule has 0 radical (unpaired) electrons. The molecular weight excluding hydrogens is 451 g/mol. The Kier molecular flexibility index (Phi) is 7.94. The van der Waals surface area contributed by atoms with Crippen molar-refractivity contribution < 1.29 is 4.79 Å². The highest BCUT2D eigenvalue weighted by Crippen LogP contribution is 2.47. The van der Waals surface area contributed by atoms with Crippen molar-refractivity contribution in [3.05, 3.63) is 35.4 Å². The fourth-order valence-corrected chi connectivity index (χ4v) is 4.17. The molecule has 0 bridgehead atoms. The Labute approximate surface area is 180 Å². The number of carbonyl (C=O) groups is 1. The Balaban J connectivity index is 0.00000261. The Morgan fingerprint density at radius 2 is 1.85 bits per heavy atom. The summed E-state index contributed by atoms with van der Waals surface area (Å²) >= 11 is 0. The van der Waals surface area contributed by atoms with Gasteiger partial charge in [0.15, 0.2) is 5.96 Å². The highest BCUT2D eigenvalue weighted by molar-refractivity contribution is 14.0. The van der Waals surface area contributed by atoms with E-state index in [2.05, 4.69) is 15.2 Å². The minimum atomic E-state index is 0.